The topological polar surface area (TPSA) is 21.3 Å². The van der Waals surface area contributed by atoms with Gasteiger partial charge in [-0.3, -0.25) is 0 Å². The summed E-state index contributed by atoms with van der Waals surface area (Å²) in [4.78, 5) is 0. The second kappa shape index (κ2) is 4.88. The first-order valence-corrected chi connectivity index (χ1v) is 6.27. The zero-order valence-corrected chi connectivity index (χ0v) is 10.4. The van der Waals surface area contributed by atoms with E-state index < -0.39 is 0 Å². The fourth-order valence-corrected chi connectivity index (χ4v) is 2.54. The number of benzene rings is 1. The van der Waals surface area contributed by atoms with E-state index in [1.165, 1.54) is 11.1 Å². The van der Waals surface area contributed by atoms with Gasteiger partial charge in [-0.2, -0.15) is 0 Å². The lowest BCUT2D eigenvalue weighted by Crippen LogP contribution is -2.28. The Morgan fingerprint density at radius 1 is 1.31 bits per heavy atom. The monoisotopic (exact) mass is 219 g/mol. The van der Waals surface area contributed by atoms with Gasteiger partial charge in [0.1, 0.15) is 11.9 Å². The third-order valence-corrected chi connectivity index (χ3v) is 3.37. The van der Waals surface area contributed by atoms with Crippen LogP contribution in [0.3, 0.4) is 0 Å². The lowest BCUT2D eigenvalue weighted by atomic mass is 9.99. The van der Waals surface area contributed by atoms with E-state index in [0.29, 0.717) is 12.1 Å². The Balaban J connectivity index is 2.33. The summed E-state index contributed by atoms with van der Waals surface area (Å²) >= 11 is 0. The first-order chi connectivity index (χ1) is 7.81. The molecule has 0 fully saturated rings. The SMILES string of the molecule is CCCC1Oc2c(CC)cccc2C1NC. The molecule has 1 aromatic carbocycles. The molecule has 2 nitrogen and oxygen atoms in total. The van der Waals surface area contributed by atoms with Crippen molar-refractivity contribution < 1.29 is 4.74 Å². The number of para-hydroxylation sites is 1. The van der Waals surface area contributed by atoms with Gasteiger partial charge in [0, 0.05) is 5.56 Å². The molecule has 1 N–H and O–H groups in total. The molecule has 0 saturated heterocycles. The highest BCUT2D eigenvalue weighted by Crippen LogP contribution is 2.40. The average molecular weight is 219 g/mol. The van der Waals surface area contributed by atoms with Crippen molar-refractivity contribution in [3.05, 3.63) is 29.3 Å². The van der Waals surface area contributed by atoms with Gasteiger partial charge >= 0.3 is 0 Å². The van der Waals surface area contributed by atoms with E-state index in [9.17, 15) is 0 Å². The molecule has 0 amide bonds. The maximum Gasteiger partial charge on any atom is 0.127 e. The van der Waals surface area contributed by atoms with Gasteiger partial charge in [0.05, 0.1) is 6.04 Å². The van der Waals surface area contributed by atoms with E-state index in [-0.39, 0.29) is 0 Å². The van der Waals surface area contributed by atoms with Crippen LogP contribution >= 0.6 is 0 Å². The second-order valence-corrected chi connectivity index (χ2v) is 4.40. The highest BCUT2D eigenvalue weighted by molar-refractivity contribution is 5.47. The summed E-state index contributed by atoms with van der Waals surface area (Å²) in [5.74, 6) is 1.13. The predicted molar refractivity (Wildman–Crippen MR) is 66.9 cm³/mol. The van der Waals surface area contributed by atoms with Crippen LogP contribution in [0.2, 0.25) is 0 Å². The summed E-state index contributed by atoms with van der Waals surface area (Å²) in [6.45, 7) is 4.39. The summed E-state index contributed by atoms with van der Waals surface area (Å²) in [7, 11) is 2.02. The summed E-state index contributed by atoms with van der Waals surface area (Å²) in [6, 6.07) is 6.85. The highest BCUT2D eigenvalue weighted by atomic mass is 16.5. The molecular formula is C14H21NO. The maximum absolute atomic E-state index is 6.11. The molecule has 2 atom stereocenters. The number of nitrogens with one attached hydrogen (secondary N) is 1. The molecule has 0 aliphatic carbocycles. The summed E-state index contributed by atoms with van der Waals surface area (Å²) in [6.07, 6.45) is 3.62. The van der Waals surface area contributed by atoms with Crippen LogP contribution in [-0.2, 0) is 6.42 Å². The van der Waals surface area contributed by atoms with Gasteiger partial charge in [-0.15, -0.1) is 0 Å². The average Bonchev–Trinajstić information content (AvgIpc) is 2.66. The van der Waals surface area contributed by atoms with E-state index in [1.807, 2.05) is 7.05 Å². The van der Waals surface area contributed by atoms with Gasteiger partial charge in [-0.25, -0.2) is 0 Å². The normalized spacial score (nSPS) is 22.9. The maximum atomic E-state index is 6.11. The fourth-order valence-electron chi connectivity index (χ4n) is 2.54. The van der Waals surface area contributed by atoms with E-state index in [2.05, 4.69) is 37.4 Å². The highest BCUT2D eigenvalue weighted by Gasteiger charge is 2.33. The molecule has 2 heteroatoms. The number of hydrogen-bond donors (Lipinski definition) is 1. The lowest BCUT2D eigenvalue weighted by molar-refractivity contribution is 0.181. The van der Waals surface area contributed by atoms with Crippen molar-refractivity contribution in [2.45, 2.75) is 45.3 Å². The van der Waals surface area contributed by atoms with E-state index in [0.717, 1.165) is 25.0 Å². The number of fused-ring (bicyclic) bond motifs is 1. The molecule has 0 bridgehead atoms. The van der Waals surface area contributed by atoms with Crippen molar-refractivity contribution >= 4 is 0 Å². The Morgan fingerprint density at radius 2 is 2.12 bits per heavy atom. The van der Waals surface area contributed by atoms with Crippen LogP contribution in [0, 0.1) is 0 Å². The van der Waals surface area contributed by atoms with Gasteiger partial charge in [0.15, 0.2) is 0 Å². The summed E-state index contributed by atoms with van der Waals surface area (Å²) < 4.78 is 6.11. The Morgan fingerprint density at radius 3 is 2.75 bits per heavy atom. The van der Waals surface area contributed by atoms with Crippen LogP contribution in [0.25, 0.3) is 0 Å². The Labute approximate surface area is 98.0 Å². The van der Waals surface area contributed by atoms with Gasteiger partial charge in [-0.05, 0) is 25.5 Å². The largest absolute Gasteiger partial charge is 0.488 e. The van der Waals surface area contributed by atoms with Crippen LogP contribution in [-0.4, -0.2) is 13.2 Å². The van der Waals surface area contributed by atoms with Crippen LogP contribution < -0.4 is 10.1 Å². The van der Waals surface area contributed by atoms with Gasteiger partial charge in [-0.1, -0.05) is 38.5 Å². The molecule has 0 saturated carbocycles. The molecule has 1 aliphatic heterocycles. The zero-order valence-electron chi connectivity index (χ0n) is 10.4. The van der Waals surface area contributed by atoms with Crippen LogP contribution in [0.4, 0.5) is 0 Å². The first-order valence-electron chi connectivity index (χ1n) is 6.27. The molecule has 1 aromatic rings. The molecule has 2 rings (SSSR count). The molecule has 0 aromatic heterocycles. The molecule has 1 heterocycles. The number of ether oxygens (including phenoxy) is 1. The molecule has 2 unspecified atom stereocenters. The molecule has 88 valence electrons. The fraction of sp³-hybridized carbons (Fsp3) is 0.571. The number of hydrogen-bond acceptors (Lipinski definition) is 2. The molecule has 1 aliphatic rings. The van der Waals surface area contributed by atoms with Gasteiger partial charge in [0.25, 0.3) is 0 Å². The van der Waals surface area contributed by atoms with Gasteiger partial charge in [0.2, 0.25) is 0 Å². The molecule has 0 radical (unpaired) electrons. The number of rotatable bonds is 4. The van der Waals surface area contributed by atoms with Crippen LogP contribution in [0.1, 0.15) is 43.9 Å². The molecular weight excluding hydrogens is 198 g/mol. The third kappa shape index (κ3) is 1.82. The van der Waals surface area contributed by atoms with Crippen molar-refractivity contribution in [2.75, 3.05) is 7.05 Å². The quantitative estimate of drug-likeness (QED) is 0.840. The second-order valence-electron chi connectivity index (χ2n) is 4.40. The smallest absolute Gasteiger partial charge is 0.127 e. The molecule has 16 heavy (non-hydrogen) atoms. The first kappa shape index (κ1) is 11.5. The Kier molecular flexibility index (Phi) is 3.49. The Bertz CT molecular complexity index is 362. The lowest BCUT2D eigenvalue weighted by Gasteiger charge is -2.17. The minimum atomic E-state index is 0.303. The van der Waals surface area contributed by atoms with E-state index >= 15 is 0 Å². The standard InChI is InChI=1S/C14H21NO/c1-4-7-12-13(15-3)11-9-6-8-10(5-2)14(11)16-12/h6,8-9,12-13,15H,4-5,7H2,1-3H3. The summed E-state index contributed by atoms with van der Waals surface area (Å²) in [5.41, 5.74) is 2.66. The van der Waals surface area contributed by atoms with Gasteiger partial charge < -0.3 is 10.1 Å². The minimum absolute atomic E-state index is 0.303. The molecule has 0 spiro atoms. The minimum Gasteiger partial charge on any atom is -0.488 e. The van der Waals surface area contributed by atoms with Crippen LogP contribution in [0.5, 0.6) is 5.75 Å². The van der Waals surface area contributed by atoms with Crippen molar-refractivity contribution in [1.29, 1.82) is 0 Å². The summed E-state index contributed by atoms with van der Waals surface area (Å²) in [5, 5.41) is 3.38. The number of aryl methyl sites for hydroxylation is 1. The van der Waals surface area contributed by atoms with Crippen molar-refractivity contribution in [2.24, 2.45) is 0 Å². The zero-order chi connectivity index (χ0) is 11.5. The Hall–Kier alpha value is -1.02. The van der Waals surface area contributed by atoms with Crippen LogP contribution in [0.15, 0.2) is 18.2 Å². The van der Waals surface area contributed by atoms with Crippen molar-refractivity contribution in [1.82, 2.24) is 5.32 Å². The number of likely N-dealkylation sites (N-methyl/N-ethyl adjacent to an activating group) is 1. The third-order valence-electron chi connectivity index (χ3n) is 3.37. The van der Waals surface area contributed by atoms with Crippen molar-refractivity contribution in [3.63, 3.8) is 0 Å². The van der Waals surface area contributed by atoms with Crippen molar-refractivity contribution in [3.8, 4) is 5.75 Å². The predicted octanol–water partition coefficient (Wildman–Crippen LogP) is 3.07. The van der Waals surface area contributed by atoms with E-state index in [1.54, 1.807) is 0 Å². The van der Waals surface area contributed by atoms with E-state index in [4.69, 9.17) is 4.74 Å².